The number of imidazole rings is 1. The lowest BCUT2D eigenvalue weighted by Gasteiger charge is -2.11. The number of amides is 1. The number of aromatic amines is 1. The molecule has 7 nitrogen and oxygen atoms in total. The van der Waals surface area contributed by atoms with Gasteiger partial charge in [-0.2, -0.15) is 5.10 Å². The Morgan fingerprint density at radius 1 is 1.12 bits per heavy atom. The average Bonchev–Trinajstić information content (AvgIpc) is 3.22. The first-order valence-electron chi connectivity index (χ1n) is 10.3. The Hall–Kier alpha value is -4.13. The van der Waals surface area contributed by atoms with Crippen molar-refractivity contribution in [3.63, 3.8) is 0 Å². The van der Waals surface area contributed by atoms with E-state index < -0.39 is 0 Å². The summed E-state index contributed by atoms with van der Waals surface area (Å²) >= 11 is 0. The van der Waals surface area contributed by atoms with Crippen LogP contribution in [-0.4, -0.2) is 35.8 Å². The minimum atomic E-state index is -0.316. The molecular weight excluding hydrogens is 404 g/mol. The summed E-state index contributed by atoms with van der Waals surface area (Å²) in [6.07, 6.45) is 2.24. The van der Waals surface area contributed by atoms with Gasteiger partial charge < -0.3 is 14.5 Å². The van der Waals surface area contributed by atoms with Crippen LogP contribution < -0.4 is 14.9 Å². The number of ether oxygens (including phenoxy) is 2. The molecule has 0 spiro atoms. The molecule has 7 heteroatoms. The van der Waals surface area contributed by atoms with Gasteiger partial charge in [-0.1, -0.05) is 36.4 Å². The van der Waals surface area contributed by atoms with Crippen LogP contribution in [0.25, 0.3) is 11.0 Å². The first kappa shape index (κ1) is 21.1. The van der Waals surface area contributed by atoms with Gasteiger partial charge in [-0.25, -0.2) is 10.4 Å². The molecule has 4 rings (SSSR count). The van der Waals surface area contributed by atoms with Gasteiger partial charge in [-0.3, -0.25) is 4.79 Å². The summed E-state index contributed by atoms with van der Waals surface area (Å²) < 4.78 is 11.0. The first-order chi connectivity index (χ1) is 15.7. The van der Waals surface area contributed by atoms with Gasteiger partial charge in [0, 0.05) is 17.5 Å². The van der Waals surface area contributed by atoms with E-state index >= 15 is 0 Å². The van der Waals surface area contributed by atoms with Gasteiger partial charge in [0.15, 0.2) is 11.5 Å². The smallest absolute Gasteiger partial charge is 0.271 e. The van der Waals surface area contributed by atoms with Crippen molar-refractivity contribution in [2.24, 2.45) is 5.10 Å². The summed E-state index contributed by atoms with van der Waals surface area (Å²) in [6.45, 7) is 2.38. The van der Waals surface area contributed by atoms with Crippen molar-refractivity contribution >= 4 is 23.2 Å². The number of H-pyrrole nitrogens is 1. The maximum Gasteiger partial charge on any atom is 0.271 e. The Kier molecular flexibility index (Phi) is 6.46. The molecule has 0 bridgehead atoms. The zero-order valence-electron chi connectivity index (χ0n) is 18.0. The van der Waals surface area contributed by atoms with E-state index in [9.17, 15) is 4.79 Å². The zero-order valence-corrected chi connectivity index (χ0v) is 18.0. The number of carbonyl (C=O) groups is 1. The van der Waals surface area contributed by atoms with Crippen LogP contribution in [0.2, 0.25) is 0 Å². The number of carbonyl (C=O) groups excluding carboxylic acids is 1. The Morgan fingerprint density at radius 3 is 2.75 bits per heavy atom. The van der Waals surface area contributed by atoms with Crippen molar-refractivity contribution in [2.75, 3.05) is 13.7 Å². The fraction of sp³-hybridized carbons (Fsp3) is 0.160. The average molecular weight is 428 g/mol. The van der Waals surface area contributed by atoms with Crippen molar-refractivity contribution < 1.29 is 14.3 Å². The van der Waals surface area contributed by atoms with Crippen molar-refractivity contribution in [2.45, 2.75) is 13.3 Å². The van der Waals surface area contributed by atoms with Gasteiger partial charge >= 0.3 is 0 Å². The van der Waals surface area contributed by atoms with E-state index in [-0.39, 0.29) is 5.91 Å². The number of hydrogen-bond acceptors (Lipinski definition) is 5. The highest BCUT2D eigenvalue weighted by atomic mass is 16.5. The fourth-order valence-corrected chi connectivity index (χ4v) is 3.40. The van der Waals surface area contributed by atoms with Crippen LogP contribution >= 0.6 is 0 Å². The summed E-state index contributed by atoms with van der Waals surface area (Å²) in [6, 6.07) is 20.9. The number of fused-ring (bicyclic) bond motifs is 1. The monoisotopic (exact) mass is 428 g/mol. The summed E-state index contributed by atoms with van der Waals surface area (Å²) in [5, 5.41) is 4.09. The SMILES string of the molecule is CCOc1c(/C=N\NC(=O)c2ccc3nc(Cc4ccccc4)[nH]c3c2)cccc1OC. The third-order valence-corrected chi connectivity index (χ3v) is 4.90. The largest absolute Gasteiger partial charge is 0.493 e. The molecule has 1 aromatic heterocycles. The Labute approximate surface area is 186 Å². The van der Waals surface area contributed by atoms with Crippen LogP contribution in [0.5, 0.6) is 11.5 Å². The number of benzene rings is 3. The second-order valence-electron chi connectivity index (χ2n) is 7.09. The molecule has 0 fully saturated rings. The summed E-state index contributed by atoms with van der Waals surface area (Å²) in [4.78, 5) is 20.5. The molecule has 0 aliphatic carbocycles. The molecular formula is C25H24N4O3. The van der Waals surface area contributed by atoms with Gasteiger partial charge in [-0.05, 0) is 42.8 Å². The number of aromatic nitrogens is 2. The Balaban J connectivity index is 1.47. The number of nitrogens with zero attached hydrogens (tertiary/aromatic N) is 2. The lowest BCUT2D eigenvalue weighted by atomic mass is 10.1. The van der Waals surface area contributed by atoms with E-state index in [4.69, 9.17) is 9.47 Å². The van der Waals surface area contributed by atoms with Crippen molar-refractivity contribution in [1.29, 1.82) is 0 Å². The third-order valence-electron chi connectivity index (χ3n) is 4.90. The van der Waals surface area contributed by atoms with E-state index in [0.717, 1.165) is 16.9 Å². The predicted octanol–water partition coefficient (Wildman–Crippen LogP) is 4.32. The number of rotatable bonds is 8. The normalized spacial score (nSPS) is 11.1. The highest BCUT2D eigenvalue weighted by Crippen LogP contribution is 2.29. The van der Waals surface area contributed by atoms with Crippen LogP contribution in [-0.2, 0) is 6.42 Å². The molecule has 32 heavy (non-hydrogen) atoms. The van der Waals surface area contributed by atoms with Crippen LogP contribution in [0, 0.1) is 0 Å². The highest BCUT2D eigenvalue weighted by molar-refractivity contribution is 5.98. The maximum absolute atomic E-state index is 12.6. The van der Waals surface area contributed by atoms with Crippen molar-refractivity contribution in [3.05, 3.63) is 89.2 Å². The summed E-state index contributed by atoms with van der Waals surface area (Å²) in [5.41, 5.74) is 6.55. The van der Waals surface area contributed by atoms with E-state index in [1.165, 1.54) is 11.8 Å². The highest BCUT2D eigenvalue weighted by Gasteiger charge is 2.11. The van der Waals surface area contributed by atoms with Gasteiger partial charge in [-0.15, -0.1) is 0 Å². The van der Waals surface area contributed by atoms with E-state index in [1.807, 2.05) is 49.4 Å². The topological polar surface area (TPSA) is 88.6 Å². The van der Waals surface area contributed by atoms with E-state index in [1.54, 1.807) is 19.2 Å². The summed E-state index contributed by atoms with van der Waals surface area (Å²) in [7, 11) is 1.58. The summed E-state index contributed by atoms with van der Waals surface area (Å²) in [5.74, 6) is 1.73. The molecule has 0 saturated carbocycles. The number of para-hydroxylation sites is 1. The van der Waals surface area contributed by atoms with E-state index in [2.05, 4.69) is 32.6 Å². The van der Waals surface area contributed by atoms with Gasteiger partial charge in [0.05, 0.1) is 31.0 Å². The Morgan fingerprint density at radius 2 is 1.97 bits per heavy atom. The zero-order chi connectivity index (χ0) is 22.3. The molecule has 162 valence electrons. The molecule has 1 amide bonds. The van der Waals surface area contributed by atoms with Crippen LogP contribution in [0.15, 0.2) is 71.8 Å². The standard InChI is InChI=1S/C25H24N4O3/c1-3-32-24-19(10-7-11-22(24)31-2)16-26-29-25(30)18-12-13-20-21(15-18)28-23(27-20)14-17-8-5-4-6-9-17/h4-13,15-16H,3,14H2,1-2H3,(H,27,28)(H,29,30)/b26-16-. The number of hydrazone groups is 1. The Bertz CT molecular complexity index is 1250. The third kappa shape index (κ3) is 4.78. The molecule has 0 radical (unpaired) electrons. The number of methoxy groups -OCH3 is 1. The molecule has 0 atom stereocenters. The van der Waals surface area contributed by atoms with E-state index in [0.29, 0.717) is 35.7 Å². The molecule has 0 unspecified atom stereocenters. The second-order valence-corrected chi connectivity index (χ2v) is 7.09. The first-order valence-corrected chi connectivity index (χ1v) is 10.3. The molecule has 0 saturated heterocycles. The van der Waals surface area contributed by atoms with Crippen LogP contribution in [0.4, 0.5) is 0 Å². The maximum atomic E-state index is 12.6. The molecule has 2 N–H and O–H groups in total. The molecule has 1 heterocycles. The van der Waals surface area contributed by atoms with Gasteiger partial charge in [0.2, 0.25) is 0 Å². The molecule has 3 aromatic carbocycles. The van der Waals surface area contributed by atoms with Crippen molar-refractivity contribution in [3.8, 4) is 11.5 Å². The number of nitrogens with one attached hydrogen (secondary N) is 2. The molecule has 4 aromatic rings. The quantitative estimate of drug-likeness (QED) is 0.323. The lowest BCUT2D eigenvalue weighted by Crippen LogP contribution is -2.17. The predicted molar refractivity (Wildman–Crippen MR) is 125 cm³/mol. The van der Waals surface area contributed by atoms with Gasteiger partial charge in [0.25, 0.3) is 5.91 Å². The fourth-order valence-electron chi connectivity index (χ4n) is 3.40. The molecule has 0 aliphatic heterocycles. The minimum absolute atomic E-state index is 0.316. The van der Waals surface area contributed by atoms with Crippen LogP contribution in [0.3, 0.4) is 0 Å². The van der Waals surface area contributed by atoms with Gasteiger partial charge in [0.1, 0.15) is 5.82 Å². The minimum Gasteiger partial charge on any atom is -0.493 e. The molecule has 0 aliphatic rings. The lowest BCUT2D eigenvalue weighted by molar-refractivity contribution is 0.0955. The number of hydrogen-bond donors (Lipinski definition) is 2. The second kappa shape index (κ2) is 9.78. The van der Waals surface area contributed by atoms with Crippen molar-refractivity contribution in [1.82, 2.24) is 15.4 Å². The van der Waals surface area contributed by atoms with Crippen LogP contribution in [0.1, 0.15) is 34.2 Å².